The summed E-state index contributed by atoms with van der Waals surface area (Å²) in [6.45, 7) is 3.13. The summed E-state index contributed by atoms with van der Waals surface area (Å²) in [4.78, 5) is 38.6. The maximum absolute atomic E-state index is 12.8. The molecule has 6 nitrogen and oxygen atoms in total. The predicted octanol–water partition coefficient (Wildman–Crippen LogP) is 3.10. The smallest absolute Gasteiger partial charge is 0.337 e. The van der Waals surface area contributed by atoms with Crippen molar-refractivity contribution in [1.29, 1.82) is 0 Å². The van der Waals surface area contributed by atoms with Gasteiger partial charge in [-0.1, -0.05) is 24.3 Å². The fraction of sp³-hybridized carbons (Fsp3) is 0.250. The molecule has 0 radical (unpaired) electrons. The first-order valence-corrected chi connectivity index (χ1v) is 8.10. The Kier molecular flexibility index (Phi) is 5.77. The van der Waals surface area contributed by atoms with E-state index < -0.39 is 17.3 Å². The van der Waals surface area contributed by atoms with Crippen LogP contribution in [0.4, 0.5) is 11.4 Å². The van der Waals surface area contributed by atoms with Gasteiger partial charge in [-0.2, -0.15) is 0 Å². The third-order valence-corrected chi connectivity index (χ3v) is 4.09. The average Bonchev–Trinajstić information content (AvgIpc) is 2.66. The number of para-hydroxylation sites is 1. The van der Waals surface area contributed by atoms with Gasteiger partial charge in [0.25, 0.3) is 0 Å². The zero-order chi connectivity index (χ0) is 19.3. The van der Waals surface area contributed by atoms with E-state index in [1.54, 1.807) is 51.2 Å². The Morgan fingerprint density at radius 2 is 1.65 bits per heavy atom. The molecule has 2 rings (SSSR count). The third-order valence-electron chi connectivity index (χ3n) is 4.09. The number of anilines is 2. The van der Waals surface area contributed by atoms with Crippen molar-refractivity contribution >= 4 is 29.2 Å². The first-order chi connectivity index (χ1) is 12.3. The van der Waals surface area contributed by atoms with Crippen molar-refractivity contribution in [2.75, 3.05) is 24.4 Å². The second kappa shape index (κ2) is 7.82. The van der Waals surface area contributed by atoms with Crippen molar-refractivity contribution in [3.63, 3.8) is 0 Å². The Morgan fingerprint density at radius 3 is 2.27 bits per heavy atom. The van der Waals surface area contributed by atoms with Crippen molar-refractivity contribution in [3.8, 4) is 0 Å². The van der Waals surface area contributed by atoms with Crippen molar-refractivity contribution in [1.82, 2.24) is 0 Å². The molecule has 0 aliphatic rings. The molecule has 0 aliphatic carbocycles. The van der Waals surface area contributed by atoms with Gasteiger partial charge in [0, 0.05) is 18.4 Å². The van der Waals surface area contributed by atoms with Crippen LogP contribution in [0, 0.1) is 5.41 Å². The third kappa shape index (κ3) is 4.08. The number of carbonyl (C=O) groups excluding carboxylic acids is 3. The van der Waals surface area contributed by atoms with Crippen LogP contribution in [0.15, 0.2) is 54.6 Å². The van der Waals surface area contributed by atoms with Gasteiger partial charge >= 0.3 is 5.97 Å². The SMILES string of the molecule is COC(=O)c1cccc(NC(=O)C(C)(C)C(=O)N(C)c2ccccc2)c1. The zero-order valence-electron chi connectivity index (χ0n) is 15.3. The quantitative estimate of drug-likeness (QED) is 0.661. The van der Waals surface area contributed by atoms with Gasteiger partial charge in [0.05, 0.1) is 12.7 Å². The number of rotatable bonds is 5. The van der Waals surface area contributed by atoms with Crippen LogP contribution in [0.25, 0.3) is 0 Å². The van der Waals surface area contributed by atoms with Crippen LogP contribution < -0.4 is 10.2 Å². The topological polar surface area (TPSA) is 75.7 Å². The van der Waals surface area contributed by atoms with E-state index in [2.05, 4.69) is 10.1 Å². The number of ether oxygens (including phenoxy) is 1. The number of nitrogens with zero attached hydrogens (tertiary/aromatic N) is 1. The Hall–Kier alpha value is -3.15. The lowest BCUT2D eigenvalue weighted by Crippen LogP contribution is -2.46. The number of methoxy groups -OCH3 is 1. The molecule has 0 bridgehead atoms. The van der Waals surface area contributed by atoms with Crippen LogP contribution >= 0.6 is 0 Å². The predicted molar refractivity (Wildman–Crippen MR) is 100 cm³/mol. The van der Waals surface area contributed by atoms with Crippen LogP contribution in [0.5, 0.6) is 0 Å². The number of nitrogens with one attached hydrogen (secondary N) is 1. The van der Waals surface area contributed by atoms with Gasteiger partial charge in [-0.15, -0.1) is 0 Å². The van der Waals surface area contributed by atoms with Crippen molar-refractivity contribution < 1.29 is 19.1 Å². The summed E-state index contributed by atoms with van der Waals surface area (Å²) in [5.41, 5.74) is 0.134. The number of carbonyl (C=O) groups is 3. The lowest BCUT2D eigenvalue weighted by molar-refractivity contribution is -0.136. The minimum atomic E-state index is -1.30. The summed E-state index contributed by atoms with van der Waals surface area (Å²) in [6, 6.07) is 15.5. The second-order valence-corrected chi connectivity index (χ2v) is 6.35. The largest absolute Gasteiger partial charge is 0.465 e. The molecule has 0 unspecified atom stereocenters. The highest BCUT2D eigenvalue weighted by Gasteiger charge is 2.38. The molecule has 0 saturated carbocycles. The van der Waals surface area contributed by atoms with Crippen LogP contribution in [0.1, 0.15) is 24.2 Å². The average molecular weight is 354 g/mol. The Bertz CT molecular complexity index is 816. The Labute approximate surface area is 152 Å². The number of benzene rings is 2. The summed E-state index contributed by atoms with van der Waals surface area (Å²) >= 11 is 0. The first-order valence-electron chi connectivity index (χ1n) is 8.10. The summed E-state index contributed by atoms with van der Waals surface area (Å²) in [5.74, 6) is -1.31. The van der Waals surface area contributed by atoms with Gasteiger partial charge in [0.15, 0.2) is 0 Å². The maximum Gasteiger partial charge on any atom is 0.337 e. The van der Waals surface area contributed by atoms with E-state index in [-0.39, 0.29) is 5.91 Å². The van der Waals surface area contributed by atoms with Crippen LogP contribution in [-0.4, -0.2) is 31.9 Å². The fourth-order valence-electron chi connectivity index (χ4n) is 2.41. The van der Waals surface area contributed by atoms with Crippen molar-refractivity contribution in [2.24, 2.45) is 5.41 Å². The molecule has 0 saturated heterocycles. The van der Waals surface area contributed by atoms with E-state index in [9.17, 15) is 14.4 Å². The van der Waals surface area contributed by atoms with Crippen molar-refractivity contribution in [3.05, 3.63) is 60.2 Å². The Balaban J connectivity index is 2.17. The van der Waals surface area contributed by atoms with Gasteiger partial charge in [0.2, 0.25) is 11.8 Å². The molecule has 0 fully saturated rings. The normalized spacial score (nSPS) is 10.8. The number of hydrogen-bond donors (Lipinski definition) is 1. The first kappa shape index (κ1) is 19.2. The molecule has 0 heterocycles. The molecule has 0 atom stereocenters. The Morgan fingerprint density at radius 1 is 1.00 bits per heavy atom. The lowest BCUT2D eigenvalue weighted by atomic mass is 9.90. The second-order valence-electron chi connectivity index (χ2n) is 6.35. The lowest BCUT2D eigenvalue weighted by Gasteiger charge is -2.28. The van der Waals surface area contributed by atoms with Gasteiger partial charge in [-0.3, -0.25) is 9.59 Å². The zero-order valence-corrected chi connectivity index (χ0v) is 15.3. The molecule has 2 aromatic rings. The van der Waals surface area contributed by atoms with Gasteiger partial charge in [-0.05, 0) is 44.2 Å². The maximum atomic E-state index is 12.8. The van der Waals surface area contributed by atoms with Gasteiger partial charge in [-0.25, -0.2) is 4.79 Å². The monoisotopic (exact) mass is 354 g/mol. The number of hydrogen-bond acceptors (Lipinski definition) is 4. The highest BCUT2D eigenvalue weighted by atomic mass is 16.5. The molecule has 26 heavy (non-hydrogen) atoms. The molecule has 0 aromatic heterocycles. The van der Waals surface area contributed by atoms with Crippen LogP contribution in [0.2, 0.25) is 0 Å². The minimum absolute atomic E-state index is 0.316. The van der Waals surface area contributed by atoms with Gasteiger partial charge < -0.3 is 15.0 Å². The number of esters is 1. The van der Waals surface area contributed by atoms with Crippen LogP contribution in [0.3, 0.4) is 0 Å². The summed E-state index contributed by atoms with van der Waals surface area (Å²) in [7, 11) is 2.92. The molecule has 1 N–H and O–H groups in total. The summed E-state index contributed by atoms with van der Waals surface area (Å²) in [5, 5.41) is 2.69. The molecular weight excluding hydrogens is 332 g/mol. The summed E-state index contributed by atoms with van der Waals surface area (Å²) < 4.78 is 4.67. The van der Waals surface area contributed by atoms with E-state index in [1.165, 1.54) is 18.1 Å². The molecule has 0 aliphatic heterocycles. The highest BCUT2D eigenvalue weighted by molar-refractivity contribution is 6.14. The van der Waals surface area contributed by atoms with E-state index in [0.29, 0.717) is 16.9 Å². The summed E-state index contributed by atoms with van der Waals surface area (Å²) in [6.07, 6.45) is 0. The van der Waals surface area contributed by atoms with E-state index >= 15 is 0 Å². The molecule has 6 heteroatoms. The fourth-order valence-corrected chi connectivity index (χ4v) is 2.41. The minimum Gasteiger partial charge on any atom is -0.465 e. The molecule has 2 amide bonds. The molecule has 0 spiro atoms. The van der Waals surface area contributed by atoms with E-state index in [0.717, 1.165) is 0 Å². The standard InChI is InChI=1S/C20H22N2O4/c1-20(2,19(25)22(3)16-11-6-5-7-12-16)18(24)21-15-10-8-9-14(13-15)17(23)26-4/h5-13H,1-4H3,(H,21,24). The van der Waals surface area contributed by atoms with E-state index in [1.807, 2.05) is 18.2 Å². The van der Waals surface area contributed by atoms with E-state index in [4.69, 9.17) is 0 Å². The number of amides is 2. The molecule has 2 aromatic carbocycles. The molecular formula is C20H22N2O4. The molecule has 136 valence electrons. The highest BCUT2D eigenvalue weighted by Crippen LogP contribution is 2.25. The van der Waals surface area contributed by atoms with Gasteiger partial charge in [0.1, 0.15) is 5.41 Å². The van der Waals surface area contributed by atoms with Crippen molar-refractivity contribution in [2.45, 2.75) is 13.8 Å². The van der Waals surface area contributed by atoms with Crippen LogP contribution in [-0.2, 0) is 14.3 Å².